The van der Waals surface area contributed by atoms with Gasteiger partial charge in [0.1, 0.15) is 6.33 Å². The molecule has 0 spiro atoms. The van der Waals surface area contributed by atoms with Gasteiger partial charge in [-0.25, -0.2) is 0 Å². The summed E-state index contributed by atoms with van der Waals surface area (Å²) in [6.07, 6.45) is 2.54. The van der Waals surface area contributed by atoms with Crippen LogP contribution in [-0.2, 0) is 16.0 Å². The molecule has 0 unspecified atom stereocenters. The van der Waals surface area contributed by atoms with Crippen molar-refractivity contribution in [3.63, 3.8) is 0 Å². The number of carbonyl (C=O) groups is 2. The number of nitrogens with one attached hydrogen (secondary N) is 1. The van der Waals surface area contributed by atoms with E-state index >= 15 is 0 Å². The van der Waals surface area contributed by atoms with E-state index in [0.29, 0.717) is 23.3 Å². The second-order valence-corrected chi connectivity index (χ2v) is 9.26. The van der Waals surface area contributed by atoms with Crippen LogP contribution in [0.25, 0.3) is 5.69 Å². The van der Waals surface area contributed by atoms with Crippen LogP contribution in [0.5, 0.6) is 0 Å². The minimum atomic E-state index is -0.214. The minimum Gasteiger partial charge on any atom is -0.368 e. The Morgan fingerprint density at radius 3 is 2.65 bits per heavy atom. The summed E-state index contributed by atoms with van der Waals surface area (Å²) >= 11 is 7.38. The number of halogens is 1. The van der Waals surface area contributed by atoms with Crippen LogP contribution in [0.1, 0.15) is 12.5 Å². The third-order valence-corrected chi connectivity index (χ3v) is 6.90. The van der Waals surface area contributed by atoms with Crippen molar-refractivity contribution in [3.05, 3.63) is 65.4 Å². The Labute approximate surface area is 208 Å². The highest BCUT2D eigenvalue weighted by atomic mass is 35.5. The zero-order valence-corrected chi connectivity index (χ0v) is 20.6. The van der Waals surface area contributed by atoms with Gasteiger partial charge in [0.2, 0.25) is 11.8 Å². The molecule has 0 radical (unpaired) electrons. The molecular weight excluding hydrogens is 472 g/mol. The molecule has 0 atom stereocenters. The first kappa shape index (κ1) is 24.1. The van der Waals surface area contributed by atoms with E-state index < -0.39 is 0 Å². The standard InChI is InChI=1S/C24H27ClN6O2S/c1-2-18-6-3-4-9-21(18)31-17-27-28-24(31)34-16-22(32)26-15-23(33)30-12-10-29(11-13-30)20-8-5-7-19(25)14-20/h3-9,14,17H,2,10-13,15-16H2,1H3,(H,26,32). The second kappa shape index (κ2) is 11.4. The third kappa shape index (κ3) is 5.90. The van der Waals surface area contributed by atoms with Gasteiger partial charge in [-0.2, -0.15) is 0 Å². The Bertz CT molecular complexity index is 1150. The van der Waals surface area contributed by atoms with Gasteiger partial charge in [0, 0.05) is 36.9 Å². The molecule has 2 amide bonds. The number of hydrogen-bond donors (Lipinski definition) is 1. The lowest BCUT2D eigenvalue weighted by atomic mass is 10.1. The van der Waals surface area contributed by atoms with E-state index in [0.717, 1.165) is 30.9 Å². The monoisotopic (exact) mass is 498 g/mol. The molecule has 4 rings (SSSR count). The Balaban J connectivity index is 1.23. The van der Waals surface area contributed by atoms with Crippen molar-refractivity contribution in [2.24, 2.45) is 0 Å². The van der Waals surface area contributed by atoms with E-state index in [9.17, 15) is 9.59 Å². The van der Waals surface area contributed by atoms with Crippen molar-refractivity contribution in [1.82, 2.24) is 25.0 Å². The van der Waals surface area contributed by atoms with Crippen molar-refractivity contribution < 1.29 is 9.59 Å². The van der Waals surface area contributed by atoms with Crippen LogP contribution in [0.4, 0.5) is 5.69 Å². The highest BCUT2D eigenvalue weighted by Gasteiger charge is 2.22. The Kier molecular flexibility index (Phi) is 8.08. The largest absolute Gasteiger partial charge is 0.368 e. The Morgan fingerprint density at radius 2 is 1.88 bits per heavy atom. The number of piperazine rings is 1. The molecule has 2 aromatic carbocycles. The second-order valence-electron chi connectivity index (χ2n) is 7.88. The number of amides is 2. The molecule has 1 saturated heterocycles. The number of aromatic nitrogens is 3. The van der Waals surface area contributed by atoms with Gasteiger partial charge in [0.15, 0.2) is 5.16 Å². The molecule has 3 aromatic rings. The molecule has 1 fully saturated rings. The van der Waals surface area contributed by atoms with Crippen LogP contribution in [0, 0.1) is 0 Å². The average molecular weight is 499 g/mol. The maximum Gasteiger partial charge on any atom is 0.242 e. The SMILES string of the molecule is CCc1ccccc1-n1cnnc1SCC(=O)NCC(=O)N1CCN(c2cccc(Cl)c2)CC1. The van der Waals surface area contributed by atoms with E-state index in [1.165, 1.54) is 17.3 Å². The topological polar surface area (TPSA) is 83.4 Å². The van der Waals surface area contributed by atoms with Gasteiger partial charge in [-0.1, -0.05) is 54.6 Å². The average Bonchev–Trinajstić information content (AvgIpc) is 3.34. The van der Waals surface area contributed by atoms with Gasteiger partial charge >= 0.3 is 0 Å². The molecule has 1 aliphatic rings. The summed E-state index contributed by atoms with van der Waals surface area (Å²) in [6.45, 7) is 4.75. The van der Waals surface area contributed by atoms with Gasteiger partial charge in [-0.3, -0.25) is 14.2 Å². The van der Waals surface area contributed by atoms with E-state index in [-0.39, 0.29) is 24.1 Å². The predicted octanol–water partition coefficient (Wildman–Crippen LogP) is 3.04. The number of benzene rings is 2. The first-order chi connectivity index (χ1) is 16.5. The normalized spacial score (nSPS) is 13.7. The van der Waals surface area contributed by atoms with Crippen LogP contribution in [0.2, 0.25) is 5.02 Å². The smallest absolute Gasteiger partial charge is 0.242 e. The molecular formula is C24H27ClN6O2S. The fraction of sp³-hybridized carbons (Fsp3) is 0.333. The van der Waals surface area contributed by atoms with Gasteiger partial charge in [-0.15, -0.1) is 10.2 Å². The number of aryl methyl sites for hydroxylation is 1. The lowest BCUT2D eigenvalue weighted by Crippen LogP contribution is -2.51. The van der Waals surface area contributed by atoms with Gasteiger partial charge in [0.25, 0.3) is 0 Å². The lowest BCUT2D eigenvalue weighted by molar-refractivity contribution is -0.132. The molecule has 0 saturated carbocycles. The molecule has 0 aliphatic carbocycles. The summed E-state index contributed by atoms with van der Waals surface area (Å²) in [5.74, 6) is -0.138. The molecule has 34 heavy (non-hydrogen) atoms. The van der Waals surface area contributed by atoms with Crippen LogP contribution < -0.4 is 10.2 Å². The van der Waals surface area contributed by atoms with Gasteiger partial charge < -0.3 is 15.1 Å². The van der Waals surface area contributed by atoms with E-state index in [1.807, 2.05) is 47.0 Å². The van der Waals surface area contributed by atoms with E-state index in [2.05, 4.69) is 33.4 Å². The third-order valence-electron chi connectivity index (χ3n) is 5.72. The number of para-hydroxylation sites is 1. The summed E-state index contributed by atoms with van der Waals surface area (Å²) < 4.78 is 1.89. The Morgan fingerprint density at radius 1 is 1.09 bits per heavy atom. The van der Waals surface area contributed by atoms with E-state index in [1.54, 1.807) is 11.2 Å². The summed E-state index contributed by atoms with van der Waals surface area (Å²) in [7, 11) is 0. The van der Waals surface area contributed by atoms with E-state index in [4.69, 9.17) is 11.6 Å². The molecule has 10 heteroatoms. The van der Waals surface area contributed by atoms with Crippen LogP contribution in [0.15, 0.2) is 60.0 Å². The number of rotatable bonds is 8. The zero-order valence-electron chi connectivity index (χ0n) is 19.0. The van der Waals surface area contributed by atoms with Crippen molar-refractivity contribution in [2.45, 2.75) is 18.5 Å². The molecule has 2 heterocycles. The fourth-order valence-corrected chi connectivity index (χ4v) is 4.82. The number of carbonyl (C=O) groups excluding carboxylic acids is 2. The maximum atomic E-state index is 12.6. The summed E-state index contributed by atoms with van der Waals surface area (Å²) in [5, 5.41) is 12.2. The number of anilines is 1. The van der Waals surface area contributed by atoms with Crippen LogP contribution in [0.3, 0.4) is 0 Å². The summed E-state index contributed by atoms with van der Waals surface area (Å²) in [6, 6.07) is 15.8. The summed E-state index contributed by atoms with van der Waals surface area (Å²) in [5.41, 5.74) is 3.24. The molecule has 1 aromatic heterocycles. The highest BCUT2D eigenvalue weighted by Crippen LogP contribution is 2.23. The minimum absolute atomic E-state index is 0.0120. The quantitative estimate of drug-likeness (QED) is 0.481. The molecule has 178 valence electrons. The molecule has 8 nitrogen and oxygen atoms in total. The number of nitrogens with zero attached hydrogens (tertiary/aromatic N) is 5. The van der Waals surface area contributed by atoms with Gasteiger partial charge in [0.05, 0.1) is 18.0 Å². The summed E-state index contributed by atoms with van der Waals surface area (Å²) in [4.78, 5) is 29.0. The van der Waals surface area contributed by atoms with Gasteiger partial charge in [-0.05, 0) is 36.2 Å². The molecule has 1 aliphatic heterocycles. The lowest BCUT2D eigenvalue weighted by Gasteiger charge is -2.36. The number of thioether (sulfide) groups is 1. The van der Waals surface area contributed by atoms with Crippen LogP contribution in [-0.4, -0.2) is 70.0 Å². The van der Waals surface area contributed by atoms with Crippen LogP contribution >= 0.6 is 23.4 Å². The first-order valence-electron chi connectivity index (χ1n) is 11.2. The first-order valence-corrected chi connectivity index (χ1v) is 12.6. The van der Waals surface area contributed by atoms with Crippen molar-refractivity contribution in [2.75, 3.05) is 43.4 Å². The predicted molar refractivity (Wildman–Crippen MR) is 135 cm³/mol. The molecule has 0 bridgehead atoms. The fourth-order valence-electron chi connectivity index (χ4n) is 3.89. The van der Waals surface area contributed by atoms with Crippen molar-refractivity contribution in [1.29, 1.82) is 0 Å². The zero-order chi connectivity index (χ0) is 23.9. The van der Waals surface area contributed by atoms with Crippen molar-refractivity contribution >= 4 is 40.9 Å². The van der Waals surface area contributed by atoms with Crippen molar-refractivity contribution in [3.8, 4) is 5.69 Å². The number of hydrogen-bond acceptors (Lipinski definition) is 6. The Hall–Kier alpha value is -3.04. The maximum absolute atomic E-state index is 12.6. The highest BCUT2D eigenvalue weighted by molar-refractivity contribution is 7.99. The molecule has 1 N–H and O–H groups in total.